The van der Waals surface area contributed by atoms with Crippen LogP contribution in [0.1, 0.15) is 45.7 Å². The molecule has 4 heteroatoms. The highest BCUT2D eigenvalue weighted by atomic mass is 16.6. The van der Waals surface area contributed by atoms with Crippen molar-refractivity contribution in [1.29, 1.82) is 0 Å². The molecule has 2 aromatic carbocycles. The van der Waals surface area contributed by atoms with Crippen LogP contribution in [0.5, 0.6) is 5.75 Å². The molecule has 0 spiro atoms. The number of hydrogen-bond acceptors (Lipinski definition) is 4. The van der Waals surface area contributed by atoms with E-state index in [0.29, 0.717) is 13.2 Å². The first-order valence-electron chi connectivity index (χ1n) is 9.75. The van der Waals surface area contributed by atoms with E-state index >= 15 is 0 Å². The van der Waals surface area contributed by atoms with E-state index in [1.165, 1.54) is 5.56 Å². The van der Waals surface area contributed by atoms with E-state index in [-0.39, 0.29) is 11.7 Å². The molecule has 1 aliphatic carbocycles. The maximum atomic E-state index is 5.89. The number of nitrogens with zero attached hydrogens (tertiary/aromatic N) is 1. The molecule has 0 aromatic heterocycles. The molecule has 0 unspecified atom stereocenters. The largest absolute Gasteiger partial charge is 0.490 e. The fourth-order valence-electron chi connectivity index (χ4n) is 2.92. The van der Waals surface area contributed by atoms with Crippen LogP contribution in [0.25, 0.3) is 11.1 Å². The maximum absolute atomic E-state index is 5.89. The third-order valence-corrected chi connectivity index (χ3v) is 4.17. The first kappa shape index (κ1) is 20.2. The van der Waals surface area contributed by atoms with Gasteiger partial charge in [0.25, 0.3) is 0 Å². The Kier molecular flexibility index (Phi) is 6.20. The molecule has 0 fully saturated rings. The Hall–Kier alpha value is -2.59. The van der Waals surface area contributed by atoms with Gasteiger partial charge in [-0.25, -0.2) is 0 Å². The maximum Gasteiger partial charge on any atom is 0.129 e. The van der Waals surface area contributed by atoms with Crippen molar-refractivity contribution in [3.05, 3.63) is 65.7 Å². The van der Waals surface area contributed by atoms with Gasteiger partial charge in [-0.2, -0.15) is 0 Å². The molecule has 0 heterocycles. The summed E-state index contributed by atoms with van der Waals surface area (Å²) < 4.78 is 11.4. The van der Waals surface area contributed by atoms with Crippen LogP contribution in [0.2, 0.25) is 0 Å². The molecule has 0 atom stereocenters. The van der Waals surface area contributed by atoms with Crippen molar-refractivity contribution in [2.24, 2.45) is 5.16 Å². The number of oxime groups is 1. The van der Waals surface area contributed by atoms with Gasteiger partial charge in [0.1, 0.15) is 23.7 Å². The van der Waals surface area contributed by atoms with Crippen molar-refractivity contribution < 1.29 is 14.3 Å². The standard InChI is InChI=1S/C24H29NO3/c1-17(2)26-14-8-9-15-27-18-12-13-20-19-10-6-7-11-21(19)23(22(20)16-18)25-28-24(3,4)5/h6-13,16-17H,14-15H2,1-5H3. The van der Waals surface area contributed by atoms with Crippen molar-refractivity contribution in [2.45, 2.75) is 46.3 Å². The molecule has 0 N–H and O–H groups in total. The number of hydrogen-bond donors (Lipinski definition) is 0. The molecular weight excluding hydrogens is 350 g/mol. The van der Waals surface area contributed by atoms with E-state index in [4.69, 9.17) is 14.3 Å². The van der Waals surface area contributed by atoms with Crippen molar-refractivity contribution >= 4 is 5.71 Å². The zero-order valence-electron chi connectivity index (χ0n) is 17.4. The second-order valence-electron chi connectivity index (χ2n) is 8.06. The topological polar surface area (TPSA) is 40.0 Å². The fraction of sp³-hybridized carbons (Fsp3) is 0.375. The van der Waals surface area contributed by atoms with Crippen molar-refractivity contribution in [2.75, 3.05) is 13.2 Å². The number of fused-ring (bicyclic) bond motifs is 3. The molecule has 0 aliphatic heterocycles. The second-order valence-corrected chi connectivity index (χ2v) is 8.06. The Morgan fingerprint density at radius 1 is 0.893 bits per heavy atom. The van der Waals surface area contributed by atoms with Gasteiger partial charge in [0.05, 0.1) is 12.7 Å². The predicted molar refractivity (Wildman–Crippen MR) is 114 cm³/mol. The third kappa shape index (κ3) is 5.02. The lowest BCUT2D eigenvalue weighted by Gasteiger charge is -2.16. The molecule has 2 aromatic rings. The number of benzene rings is 2. The van der Waals surface area contributed by atoms with Gasteiger partial charge in [0.15, 0.2) is 0 Å². The first-order chi connectivity index (χ1) is 13.3. The molecule has 0 saturated heterocycles. The van der Waals surface area contributed by atoms with Crippen LogP contribution in [-0.2, 0) is 9.57 Å². The smallest absolute Gasteiger partial charge is 0.129 e. The van der Waals surface area contributed by atoms with Gasteiger partial charge in [-0.15, -0.1) is 0 Å². The lowest BCUT2D eigenvalue weighted by Crippen LogP contribution is -2.17. The molecule has 1 aliphatic rings. The Balaban J connectivity index is 1.79. The van der Waals surface area contributed by atoms with E-state index in [9.17, 15) is 0 Å². The summed E-state index contributed by atoms with van der Waals surface area (Å²) in [6, 6.07) is 14.4. The highest BCUT2D eigenvalue weighted by Crippen LogP contribution is 2.39. The van der Waals surface area contributed by atoms with Crippen LogP contribution in [0, 0.1) is 0 Å². The average Bonchev–Trinajstić information content (AvgIpc) is 2.95. The molecule has 0 bridgehead atoms. The summed E-state index contributed by atoms with van der Waals surface area (Å²) in [7, 11) is 0. The Bertz CT molecular complexity index is 876. The van der Waals surface area contributed by atoms with E-state index in [0.717, 1.165) is 28.2 Å². The van der Waals surface area contributed by atoms with Crippen molar-refractivity contribution in [3.8, 4) is 16.9 Å². The molecular formula is C24H29NO3. The van der Waals surface area contributed by atoms with Gasteiger partial charge < -0.3 is 14.3 Å². The highest BCUT2D eigenvalue weighted by Gasteiger charge is 2.26. The monoisotopic (exact) mass is 379 g/mol. The summed E-state index contributed by atoms with van der Waals surface area (Å²) in [5.41, 5.74) is 4.96. The van der Waals surface area contributed by atoms with E-state index < -0.39 is 0 Å². The minimum atomic E-state index is -0.346. The predicted octanol–water partition coefficient (Wildman–Crippen LogP) is 5.59. The Morgan fingerprint density at radius 3 is 2.29 bits per heavy atom. The molecule has 0 radical (unpaired) electrons. The number of rotatable bonds is 7. The zero-order chi connectivity index (χ0) is 20.1. The Labute approximate surface area is 167 Å². The number of ether oxygens (including phenoxy) is 2. The van der Waals surface area contributed by atoms with E-state index in [1.807, 2.05) is 71.0 Å². The SMILES string of the molecule is CC(C)OCC=CCOc1ccc2c(c1)C(=NOC(C)(C)C)c1ccccc1-2. The minimum absolute atomic E-state index is 0.233. The fourth-order valence-corrected chi connectivity index (χ4v) is 2.92. The van der Waals surface area contributed by atoms with Crippen LogP contribution in [0.3, 0.4) is 0 Å². The van der Waals surface area contributed by atoms with Gasteiger partial charge in [-0.3, -0.25) is 0 Å². The zero-order valence-corrected chi connectivity index (χ0v) is 17.4. The van der Waals surface area contributed by atoms with Gasteiger partial charge in [0.2, 0.25) is 0 Å². The highest BCUT2D eigenvalue weighted by molar-refractivity contribution is 6.24. The summed E-state index contributed by atoms with van der Waals surface area (Å²) in [6.45, 7) is 11.1. The average molecular weight is 380 g/mol. The molecule has 4 nitrogen and oxygen atoms in total. The summed E-state index contributed by atoms with van der Waals surface area (Å²) >= 11 is 0. The summed E-state index contributed by atoms with van der Waals surface area (Å²) in [5, 5.41) is 4.49. The molecule has 28 heavy (non-hydrogen) atoms. The van der Waals surface area contributed by atoms with Crippen LogP contribution < -0.4 is 4.74 Å². The second kappa shape index (κ2) is 8.61. The van der Waals surface area contributed by atoms with E-state index in [2.05, 4.69) is 23.4 Å². The van der Waals surface area contributed by atoms with Gasteiger partial charge >= 0.3 is 0 Å². The van der Waals surface area contributed by atoms with Gasteiger partial charge in [-0.1, -0.05) is 35.5 Å². The third-order valence-electron chi connectivity index (χ3n) is 4.17. The lowest BCUT2D eigenvalue weighted by atomic mass is 10.1. The van der Waals surface area contributed by atoms with Crippen LogP contribution in [0.4, 0.5) is 0 Å². The van der Waals surface area contributed by atoms with Crippen molar-refractivity contribution in [3.63, 3.8) is 0 Å². The molecule has 148 valence electrons. The molecule has 0 amide bonds. The van der Waals surface area contributed by atoms with Gasteiger partial charge in [-0.05, 0) is 70.0 Å². The van der Waals surface area contributed by atoms with Crippen LogP contribution in [0.15, 0.2) is 59.8 Å². The quantitative estimate of drug-likeness (QED) is 0.396. The summed E-state index contributed by atoms with van der Waals surface area (Å²) in [4.78, 5) is 5.73. The van der Waals surface area contributed by atoms with Crippen LogP contribution >= 0.6 is 0 Å². The minimum Gasteiger partial charge on any atom is -0.490 e. The summed E-state index contributed by atoms with van der Waals surface area (Å²) in [5.74, 6) is 0.810. The molecule has 3 rings (SSSR count). The van der Waals surface area contributed by atoms with Crippen molar-refractivity contribution in [1.82, 2.24) is 0 Å². The van der Waals surface area contributed by atoms with Gasteiger partial charge in [0, 0.05) is 11.1 Å². The Morgan fingerprint density at radius 2 is 1.57 bits per heavy atom. The van der Waals surface area contributed by atoms with E-state index in [1.54, 1.807) is 0 Å². The normalized spacial score (nSPS) is 14.6. The summed E-state index contributed by atoms with van der Waals surface area (Å²) in [6.07, 6.45) is 4.19. The molecule has 0 saturated carbocycles. The lowest BCUT2D eigenvalue weighted by molar-refractivity contribution is 0.00121. The van der Waals surface area contributed by atoms with Crippen LogP contribution in [-0.4, -0.2) is 30.6 Å². The first-order valence-corrected chi connectivity index (χ1v) is 9.75.